The van der Waals surface area contributed by atoms with Crippen LogP contribution in [0.2, 0.25) is 0 Å². The minimum absolute atomic E-state index is 0.0424. The van der Waals surface area contributed by atoms with Gasteiger partial charge in [-0.2, -0.15) is 0 Å². The number of hydrogen-bond acceptors (Lipinski definition) is 4. The lowest BCUT2D eigenvalue weighted by molar-refractivity contribution is -0.132. The maximum Gasteiger partial charge on any atom is 0.222 e. The molecule has 0 spiro atoms. The second kappa shape index (κ2) is 10.8. The first-order valence-electron chi connectivity index (χ1n) is 9.90. The Morgan fingerprint density at radius 2 is 1.72 bits per heavy atom. The summed E-state index contributed by atoms with van der Waals surface area (Å²) >= 11 is 4.54. The summed E-state index contributed by atoms with van der Waals surface area (Å²) in [6.45, 7) is 1.79. The average Bonchev–Trinajstić information content (AvgIpc) is 2.71. The molecule has 2 aromatic rings. The van der Waals surface area contributed by atoms with Crippen molar-refractivity contribution >= 4 is 51.1 Å². The van der Waals surface area contributed by atoms with Crippen molar-refractivity contribution < 1.29 is 14.6 Å². The lowest BCUT2D eigenvalue weighted by Gasteiger charge is -2.27. The van der Waals surface area contributed by atoms with Gasteiger partial charge in [0.05, 0.1) is 7.14 Å². The number of rotatable bonds is 7. The molecule has 0 radical (unpaired) electrons. The lowest BCUT2D eigenvalue weighted by Crippen LogP contribution is -2.36. The van der Waals surface area contributed by atoms with Crippen molar-refractivity contribution in [1.82, 2.24) is 4.90 Å². The highest BCUT2D eigenvalue weighted by Gasteiger charge is 2.18. The van der Waals surface area contributed by atoms with Gasteiger partial charge < -0.3 is 20.5 Å². The minimum atomic E-state index is -0.0424. The number of ether oxygens (including phenoxy) is 1. The van der Waals surface area contributed by atoms with Crippen molar-refractivity contribution in [1.29, 1.82) is 0 Å². The van der Waals surface area contributed by atoms with Crippen LogP contribution in [0.5, 0.6) is 17.2 Å². The van der Waals surface area contributed by atoms with Crippen molar-refractivity contribution in [3.8, 4) is 17.2 Å². The molecule has 3 N–H and O–H groups in total. The number of amides is 1. The van der Waals surface area contributed by atoms with Gasteiger partial charge in [0.15, 0.2) is 5.75 Å². The van der Waals surface area contributed by atoms with Crippen LogP contribution in [0.4, 0.5) is 0 Å². The maximum atomic E-state index is 12.3. The standard InChI is InChI=1S/C22H26I2N2O3/c23-19-13-15(12-16(25)4-9-21(28)26-10-2-1-3-11-26)14-20(24)22(19)29-18-7-5-17(27)6-8-18/h5-8,13-14,16,27H,1-4,9-12,25H2/t16-/m1/s1. The number of likely N-dealkylation sites (tertiary alicyclic amines) is 1. The van der Waals surface area contributed by atoms with Crippen LogP contribution in [0.3, 0.4) is 0 Å². The molecule has 0 aromatic heterocycles. The molecule has 156 valence electrons. The van der Waals surface area contributed by atoms with Gasteiger partial charge in [-0.25, -0.2) is 0 Å². The molecule has 0 saturated carbocycles. The highest BCUT2D eigenvalue weighted by molar-refractivity contribution is 14.1. The predicted octanol–water partition coefficient (Wildman–Crippen LogP) is 5.06. The van der Waals surface area contributed by atoms with E-state index in [-0.39, 0.29) is 17.7 Å². The highest BCUT2D eigenvalue weighted by atomic mass is 127. The smallest absolute Gasteiger partial charge is 0.222 e. The molecule has 3 rings (SSSR count). The Labute approximate surface area is 199 Å². The molecule has 0 unspecified atom stereocenters. The number of carbonyl (C=O) groups is 1. The molecule has 1 amide bonds. The Morgan fingerprint density at radius 1 is 1.10 bits per heavy atom. The van der Waals surface area contributed by atoms with Gasteiger partial charge in [0, 0.05) is 25.6 Å². The fourth-order valence-corrected chi connectivity index (χ4v) is 5.59. The molecule has 0 bridgehead atoms. The van der Waals surface area contributed by atoms with E-state index in [4.69, 9.17) is 10.5 Å². The lowest BCUT2D eigenvalue weighted by atomic mass is 10.0. The normalized spacial score (nSPS) is 15.2. The topological polar surface area (TPSA) is 75.8 Å². The third-order valence-corrected chi connectivity index (χ3v) is 6.65. The van der Waals surface area contributed by atoms with Crippen LogP contribution in [0.25, 0.3) is 0 Å². The Morgan fingerprint density at radius 3 is 2.34 bits per heavy atom. The van der Waals surface area contributed by atoms with Crippen LogP contribution in [-0.2, 0) is 11.2 Å². The third kappa shape index (κ3) is 6.71. The first-order chi connectivity index (χ1) is 13.9. The van der Waals surface area contributed by atoms with E-state index in [1.807, 2.05) is 4.90 Å². The molecule has 1 atom stereocenters. The SMILES string of the molecule is N[C@H](CCC(=O)N1CCCCC1)Cc1cc(I)c(Oc2ccc(O)cc2)c(I)c1. The van der Waals surface area contributed by atoms with Crippen LogP contribution in [0, 0.1) is 7.14 Å². The van der Waals surface area contributed by atoms with Crippen LogP contribution >= 0.6 is 45.2 Å². The van der Waals surface area contributed by atoms with Gasteiger partial charge in [-0.15, -0.1) is 0 Å². The minimum Gasteiger partial charge on any atom is -0.508 e. The van der Waals surface area contributed by atoms with Gasteiger partial charge >= 0.3 is 0 Å². The zero-order valence-electron chi connectivity index (χ0n) is 16.2. The number of piperidine rings is 1. The summed E-state index contributed by atoms with van der Waals surface area (Å²) in [5.41, 5.74) is 7.48. The van der Waals surface area contributed by atoms with E-state index in [1.165, 1.54) is 6.42 Å². The van der Waals surface area contributed by atoms with E-state index in [0.29, 0.717) is 18.6 Å². The first-order valence-corrected chi connectivity index (χ1v) is 12.1. The van der Waals surface area contributed by atoms with Crippen molar-refractivity contribution in [2.75, 3.05) is 13.1 Å². The van der Waals surface area contributed by atoms with Gasteiger partial charge in [-0.1, -0.05) is 0 Å². The number of nitrogens with zero attached hydrogens (tertiary/aromatic N) is 1. The van der Waals surface area contributed by atoms with Crippen LogP contribution < -0.4 is 10.5 Å². The number of aromatic hydroxyl groups is 1. The Balaban J connectivity index is 1.56. The molecule has 0 aliphatic carbocycles. The predicted molar refractivity (Wildman–Crippen MR) is 131 cm³/mol. The summed E-state index contributed by atoms with van der Waals surface area (Å²) in [6, 6.07) is 10.8. The average molecular weight is 620 g/mol. The van der Waals surface area contributed by atoms with Crippen LogP contribution in [0.15, 0.2) is 36.4 Å². The Hall–Kier alpha value is -1.07. The number of halogens is 2. The summed E-state index contributed by atoms with van der Waals surface area (Å²) in [4.78, 5) is 14.3. The maximum absolute atomic E-state index is 12.3. The van der Waals surface area contributed by atoms with E-state index < -0.39 is 0 Å². The molecular weight excluding hydrogens is 594 g/mol. The van der Waals surface area contributed by atoms with E-state index in [9.17, 15) is 9.90 Å². The van der Waals surface area contributed by atoms with Crippen LogP contribution in [-0.4, -0.2) is 35.0 Å². The summed E-state index contributed by atoms with van der Waals surface area (Å²) in [5, 5.41) is 9.41. The molecule has 1 heterocycles. The molecule has 1 saturated heterocycles. The summed E-state index contributed by atoms with van der Waals surface area (Å²) in [5.74, 6) is 1.93. The van der Waals surface area contributed by atoms with Crippen molar-refractivity contribution in [3.63, 3.8) is 0 Å². The quantitative estimate of drug-likeness (QED) is 0.425. The fraction of sp³-hybridized carbons (Fsp3) is 0.409. The number of hydrogen-bond donors (Lipinski definition) is 2. The number of benzene rings is 2. The number of nitrogens with two attached hydrogens (primary N) is 1. The Bertz CT molecular complexity index is 813. The molecule has 29 heavy (non-hydrogen) atoms. The number of phenols is 1. The summed E-state index contributed by atoms with van der Waals surface area (Å²) < 4.78 is 8.01. The first kappa shape index (κ1) is 22.6. The van der Waals surface area contributed by atoms with Gasteiger partial charge in [-0.05, 0) is 119 Å². The molecule has 7 heteroatoms. The number of phenolic OH excluding ortho intramolecular Hbond substituents is 1. The summed E-state index contributed by atoms with van der Waals surface area (Å²) in [7, 11) is 0. The van der Waals surface area contributed by atoms with Crippen LogP contribution in [0.1, 0.15) is 37.7 Å². The summed E-state index contributed by atoms with van der Waals surface area (Å²) in [6.07, 6.45) is 5.43. The van der Waals surface area contributed by atoms with Gasteiger partial charge in [0.2, 0.25) is 5.91 Å². The largest absolute Gasteiger partial charge is 0.508 e. The van der Waals surface area contributed by atoms with E-state index in [2.05, 4.69) is 57.3 Å². The van der Waals surface area contributed by atoms with Gasteiger partial charge in [0.1, 0.15) is 11.5 Å². The third-order valence-electron chi connectivity index (χ3n) is 5.05. The zero-order chi connectivity index (χ0) is 20.8. The molecule has 1 aliphatic heterocycles. The van der Waals surface area contributed by atoms with Crippen molar-refractivity contribution in [2.24, 2.45) is 5.73 Å². The number of carbonyl (C=O) groups excluding carboxylic acids is 1. The van der Waals surface area contributed by atoms with E-state index in [1.54, 1.807) is 24.3 Å². The van der Waals surface area contributed by atoms with Crippen molar-refractivity contribution in [3.05, 3.63) is 49.1 Å². The van der Waals surface area contributed by atoms with Crippen molar-refractivity contribution in [2.45, 2.75) is 44.6 Å². The van der Waals surface area contributed by atoms with E-state index in [0.717, 1.165) is 50.8 Å². The fourth-order valence-electron chi connectivity index (χ4n) is 3.47. The molecule has 1 aliphatic rings. The zero-order valence-corrected chi connectivity index (χ0v) is 20.6. The second-order valence-electron chi connectivity index (χ2n) is 7.43. The second-order valence-corrected chi connectivity index (χ2v) is 9.75. The molecule has 5 nitrogen and oxygen atoms in total. The monoisotopic (exact) mass is 620 g/mol. The molecule has 1 fully saturated rings. The highest BCUT2D eigenvalue weighted by Crippen LogP contribution is 2.33. The Kier molecular flexibility index (Phi) is 8.43. The van der Waals surface area contributed by atoms with Gasteiger partial charge in [-0.3, -0.25) is 4.79 Å². The molecular formula is C22H26I2N2O3. The van der Waals surface area contributed by atoms with E-state index >= 15 is 0 Å². The molecule has 2 aromatic carbocycles. The van der Waals surface area contributed by atoms with Gasteiger partial charge in [0.25, 0.3) is 0 Å².